The Bertz CT molecular complexity index is 635. The maximum absolute atomic E-state index is 13.9. The number of hydrogen-bond donors (Lipinski definition) is 2. The molecule has 1 saturated heterocycles. The Kier molecular flexibility index (Phi) is 10.5. The smallest absolute Gasteiger partial charge is 0.191 e. The van der Waals surface area contributed by atoms with Crippen molar-refractivity contribution in [3.05, 3.63) is 29.6 Å². The van der Waals surface area contributed by atoms with Crippen molar-refractivity contribution in [1.82, 2.24) is 10.6 Å². The van der Waals surface area contributed by atoms with Crippen molar-refractivity contribution in [2.75, 3.05) is 26.8 Å². The highest BCUT2D eigenvalue weighted by molar-refractivity contribution is 14.0. The van der Waals surface area contributed by atoms with Crippen molar-refractivity contribution in [3.8, 4) is 5.75 Å². The van der Waals surface area contributed by atoms with E-state index >= 15 is 0 Å². The van der Waals surface area contributed by atoms with E-state index < -0.39 is 0 Å². The number of ether oxygens (including phenoxy) is 2. The van der Waals surface area contributed by atoms with Crippen molar-refractivity contribution in [3.63, 3.8) is 0 Å². The van der Waals surface area contributed by atoms with Crippen LogP contribution in [-0.2, 0) is 11.3 Å². The summed E-state index contributed by atoms with van der Waals surface area (Å²) in [6, 6.07) is 4.93. The summed E-state index contributed by atoms with van der Waals surface area (Å²) in [5.74, 6) is 1.07. The summed E-state index contributed by atoms with van der Waals surface area (Å²) < 4.78 is 24.9. The highest BCUT2D eigenvalue weighted by Gasteiger charge is 2.35. The minimum Gasteiger partial charge on any atom is -0.494 e. The number of methoxy groups -OCH3 is 1. The Balaban J connectivity index is 0.00000392. The van der Waals surface area contributed by atoms with E-state index in [9.17, 15) is 4.39 Å². The molecule has 1 aliphatic heterocycles. The van der Waals surface area contributed by atoms with Crippen LogP contribution in [-0.4, -0.2) is 38.9 Å². The maximum atomic E-state index is 13.9. The van der Waals surface area contributed by atoms with Crippen molar-refractivity contribution in [2.45, 2.75) is 53.2 Å². The zero-order chi connectivity index (χ0) is 19.9. The van der Waals surface area contributed by atoms with Crippen molar-refractivity contribution < 1.29 is 13.9 Å². The van der Waals surface area contributed by atoms with Crippen LogP contribution in [0.1, 0.15) is 46.1 Å². The molecule has 2 rings (SSSR count). The van der Waals surface area contributed by atoms with E-state index in [0.717, 1.165) is 44.1 Å². The Hall–Kier alpha value is -1.09. The second-order valence-electron chi connectivity index (χ2n) is 8.10. The molecule has 5 nitrogen and oxygen atoms in total. The molecule has 0 aromatic heterocycles. The van der Waals surface area contributed by atoms with Gasteiger partial charge < -0.3 is 20.1 Å². The molecule has 2 N–H and O–H groups in total. The van der Waals surface area contributed by atoms with Gasteiger partial charge in [0.1, 0.15) is 0 Å². The molecule has 2 atom stereocenters. The molecule has 7 heteroatoms. The van der Waals surface area contributed by atoms with E-state index in [-0.39, 0.29) is 47.1 Å². The third kappa shape index (κ3) is 7.39. The summed E-state index contributed by atoms with van der Waals surface area (Å²) in [5.41, 5.74) is 0.919. The lowest BCUT2D eigenvalue weighted by Gasteiger charge is -2.40. The van der Waals surface area contributed by atoms with Crippen LogP contribution in [0.15, 0.2) is 23.2 Å². The van der Waals surface area contributed by atoms with Gasteiger partial charge in [-0.05, 0) is 42.9 Å². The van der Waals surface area contributed by atoms with E-state index in [1.165, 1.54) is 13.2 Å². The van der Waals surface area contributed by atoms with Crippen LogP contribution in [0, 0.1) is 17.2 Å². The molecule has 1 aromatic rings. The molecule has 1 aromatic carbocycles. The molecular weight excluding hydrogens is 472 g/mol. The number of hydrogen-bond acceptors (Lipinski definition) is 3. The fourth-order valence-electron chi connectivity index (χ4n) is 3.56. The number of aliphatic imine (C=N–C) groups is 1. The minimum absolute atomic E-state index is 0. The minimum atomic E-state index is -0.365. The van der Waals surface area contributed by atoms with Gasteiger partial charge in [-0.1, -0.05) is 26.8 Å². The summed E-state index contributed by atoms with van der Waals surface area (Å²) in [6.45, 7) is 11.5. The topological polar surface area (TPSA) is 54.9 Å². The normalized spacial score (nSPS) is 20.3. The molecule has 160 valence electrons. The fraction of sp³-hybridized carbons (Fsp3) is 0.667. The number of nitrogens with one attached hydrogen (secondary N) is 2. The molecule has 0 bridgehead atoms. The van der Waals surface area contributed by atoms with Gasteiger partial charge in [0.15, 0.2) is 17.5 Å². The van der Waals surface area contributed by atoms with Crippen molar-refractivity contribution in [2.24, 2.45) is 16.3 Å². The van der Waals surface area contributed by atoms with Crippen LogP contribution in [0.5, 0.6) is 5.75 Å². The Morgan fingerprint density at radius 1 is 1.32 bits per heavy atom. The first-order chi connectivity index (χ1) is 12.8. The second kappa shape index (κ2) is 11.8. The van der Waals surface area contributed by atoms with Gasteiger partial charge in [-0.15, -0.1) is 24.0 Å². The molecule has 1 fully saturated rings. The second-order valence-corrected chi connectivity index (χ2v) is 8.10. The van der Waals surface area contributed by atoms with Crippen molar-refractivity contribution in [1.29, 1.82) is 0 Å². The van der Waals surface area contributed by atoms with E-state index in [1.54, 1.807) is 6.07 Å². The van der Waals surface area contributed by atoms with Gasteiger partial charge in [0.25, 0.3) is 0 Å². The molecule has 0 aliphatic carbocycles. The van der Waals surface area contributed by atoms with Gasteiger partial charge in [0.05, 0.1) is 19.8 Å². The highest BCUT2D eigenvalue weighted by Crippen LogP contribution is 2.33. The molecule has 0 radical (unpaired) electrons. The van der Waals surface area contributed by atoms with Gasteiger partial charge in [0.2, 0.25) is 0 Å². The SMILES string of the molecule is CCNC(=NCc1ccc(OC)c(F)c1)NCC1CCCOC1C(C)(C)C.I. The van der Waals surface area contributed by atoms with Crippen LogP contribution in [0.4, 0.5) is 4.39 Å². The Labute approximate surface area is 185 Å². The predicted molar refractivity (Wildman–Crippen MR) is 123 cm³/mol. The Morgan fingerprint density at radius 2 is 2.07 bits per heavy atom. The van der Waals surface area contributed by atoms with Crippen LogP contribution in [0.2, 0.25) is 0 Å². The summed E-state index contributed by atoms with van der Waals surface area (Å²) in [6.07, 6.45) is 2.48. The largest absolute Gasteiger partial charge is 0.494 e. The Morgan fingerprint density at radius 3 is 2.68 bits per heavy atom. The van der Waals surface area contributed by atoms with Gasteiger partial charge in [0, 0.05) is 25.6 Å². The molecule has 0 saturated carbocycles. The first-order valence-electron chi connectivity index (χ1n) is 9.81. The molecule has 1 heterocycles. The zero-order valence-corrected chi connectivity index (χ0v) is 20.0. The predicted octanol–water partition coefficient (Wildman–Crippen LogP) is 4.35. The first kappa shape index (κ1) is 24.9. The van der Waals surface area contributed by atoms with Crippen LogP contribution in [0.3, 0.4) is 0 Å². The molecule has 0 spiro atoms. The lowest BCUT2D eigenvalue weighted by Crippen LogP contribution is -2.47. The average molecular weight is 507 g/mol. The molecule has 0 amide bonds. The van der Waals surface area contributed by atoms with Crippen LogP contribution < -0.4 is 15.4 Å². The number of rotatable bonds is 6. The maximum Gasteiger partial charge on any atom is 0.191 e. The zero-order valence-electron chi connectivity index (χ0n) is 17.7. The highest BCUT2D eigenvalue weighted by atomic mass is 127. The van der Waals surface area contributed by atoms with E-state index in [1.807, 2.05) is 13.0 Å². The monoisotopic (exact) mass is 507 g/mol. The summed E-state index contributed by atoms with van der Waals surface area (Å²) >= 11 is 0. The lowest BCUT2D eigenvalue weighted by molar-refractivity contribution is -0.0835. The summed E-state index contributed by atoms with van der Waals surface area (Å²) in [5, 5.41) is 6.70. The standard InChI is InChI=1S/C21H34FN3O2.HI/c1-6-23-20(24-13-15-9-10-18(26-5)17(22)12-15)25-14-16-8-7-11-27-19(16)21(2,3)4;/h9-10,12,16,19H,6-8,11,13-14H2,1-5H3,(H2,23,24,25);1H. The number of guanidine groups is 1. The summed E-state index contributed by atoms with van der Waals surface area (Å²) in [7, 11) is 1.46. The van der Waals surface area contributed by atoms with Crippen LogP contribution in [0.25, 0.3) is 0 Å². The molecular formula is C21H35FIN3O2. The molecule has 1 aliphatic rings. The first-order valence-corrected chi connectivity index (χ1v) is 9.81. The fourth-order valence-corrected chi connectivity index (χ4v) is 3.56. The molecule has 2 unspecified atom stereocenters. The number of nitrogens with zero attached hydrogens (tertiary/aromatic N) is 1. The number of benzene rings is 1. The average Bonchev–Trinajstić information content (AvgIpc) is 2.63. The third-order valence-electron chi connectivity index (χ3n) is 4.81. The van der Waals surface area contributed by atoms with E-state index in [0.29, 0.717) is 12.5 Å². The van der Waals surface area contributed by atoms with Gasteiger partial charge >= 0.3 is 0 Å². The van der Waals surface area contributed by atoms with Crippen LogP contribution >= 0.6 is 24.0 Å². The van der Waals surface area contributed by atoms with E-state index in [4.69, 9.17) is 9.47 Å². The van der Waals surface area contributed by atoms with Gasteiger partial charge in [-0.25, -0.2) is 9.38 Å². The van der Waals surface area contributed by atoms with Gasteiger partial charge in [-0.3, -0.25) is 0 Å². The quantitative estimate of drug-likeness (QED) is 0.342. The van der Waals surface area contributed by atoms with Gasteiger partial charge in [-0.2, -0.15) is 0 Å². The van der Waals surface area contributed by atoms with E-state index in [2.05, 4.69) is 36.4 Å². The number of halogens is 2. The molecule has 28 heavy (non-hydrogen) atoms. The van der Waals surface area contributed by atoms with Crippen molar-refractivity contribution >= 4 is 29.9 Å². The third-order valence-corrected chi connectivity index (χ3v) is 4.81. The lowest BCUT2D eigenvalue weighted by atomic mass is 9.78. The summed E-state index contributed by atoms with van der Waals surface area (Å²) in [4.78, 5) is 4.60.